The van der Waals surface area contributed by atoms with Crippen LogP contribution in [0.2, 0.25) is 0 Å². The average molecular weight is 236 g/mol. The Morgan fingerprint density at radius 2 is 2.18 bits per heavy atom. The molecule has 1 fully saturated rings. The van der Waals surface area contributed by atoms with Gasteiger partial charge < -0.3 is 5.73 Å². The Labute approximate surface area is 103 Å². The molecule has 0 spiro atoms. The Bertz CT molecular complexity index is 367. The minimum Gasteiger partial charge on any atom is -0.329 e. The molecular weight excluding hydrogens is 215 g/mol. The molecule has 1 aromatic carbocycles. The molecule has 1 aliphatic rings. The molecule has 0 saturated carbocycles. The molecule has 1 aliphatic heterocycles. The Kier molecular flexibility index (Phi) is 4.13. The molecule has 0 bridgehead atoms. The predicted molar refractivity (Wildman–Crippen MR) is 68.1 cm³/mol. The highest BCUT2D eigenvalue weighted by atomic mass is 19.1. The summed E-state index contributed by atoms with van der Waals surface area (Å²) in [6, 6.07) is 7.42. The molecule has 1 heterocycles. The van der Waals surface area contributed by atoms with Crippen LogP contribution in [0.5, 0.6) is 0 Å². The van der Waals surface area contributed by atoms with Gasteiger partial charge in [-0.05, 0) is 31.4 Å². The number of nitrogens with two attached hydrogens (primary N) is 1. The Balaban J connectivity index is 2.05. The molecule has 1 saturated heterocycles. The zero-order valence-electron chi connectivity index (χ0n) is 10.4. The first kappa shape index (κ1) is 12.5. The van der Waals surface area contributed by atoms with E-state index in [0.717, 1.165) is 24.4 Å². The number of halogens is 1. The largest absolute Gasteiger partial charge is 0.329 e. The molecule has 17 heavy (non-hydrogen) atoms. The van der Waals surface area contributed by atoms with E-state index >= 15 is 0 Å². The predicted octanol–water partition coefficient (Wildman–Crippen LogP) is 2.38. The van der Waals surface area contributed by atoms with Crippen LogP contribution in [-0.4, -0.2) is 24.0 Å². The monoisotopic (exact) mass is 236 g/mol. The number of hydrogen-bond acceptors (Lipinski definition) is 2. The molecule has 94 valence electrons. The molecule has 2 atom stereocenters. The van der Waals surface area contributed by atoms with E-state index in [-0.39, 0.29) is 5.82 Å². The second-order valence-electron chi connectivity index (χ2n) is 5.08. The normalized spacial score (nSPS) is 26.1. The molecule has 0 aromatic heterocycles. The fraction of sp³-hybridized carbons (Fsp3) is 0.571. The number of hydrogen-bond donors (Lipinski definition) is 1. The maximum Gasteiger partial charge on any atom is 0.127 e. The van der Waals surface area contributed by atoms with Crippen LogP contribution in [0.25, 0.3) is 0 Å². The van der Waals surface area contributed by atoms with Crippen molar-refractivity contribution in [2.24, 2.45) is 11.7 Å². The maximum absolute atomic E-state index is 13.6. The van der Waals surface area contributed by atoms with Crippen molar-refractivity contribution in [1.82, 2.24) is 4.90 Å². The molecule has 1 aromatic rings. The number of piperidine rings is 1. The molecule has 2 nitrogen and oxygen atoms in total. The maximum atomic E-state index is 13.6. The molecule has 0 amide bonds. The zero-order valence-corrected chi connectivity index (χ0v) is 10.4. The van der Waals surface area contributed by atoms with E-state index < -0.39 is 0 Å². The smallest absolute Gasteiger partial charge is 0.127 e. The fourth-order valence-corrected chi connectivity index (χ4v) is 2.60. The van der Waals surface area contributed by atoms with Crippen LogP contribution in [-0.2, 0) is 6.54 Å². The zero-order chi connectivity index (χ0) is 12.3. The third-order valence-electron chi connectivity index (χ3n) is 3.70. The molecule has 2 N–H and O–H groups in total. The third kappa shape index (κ3) is 3.05. The molecule has 2 rings (SSSR count). The first-order valence-electron chi connectivity index (χ1n) is 6.38. The lowest BCUT2D eigenvalue weighted by atomic mass is 9.92. The van der Waals surface area contributed by atoms with E-state index in [0.29, 0.717) is 19.1 Å². The molecule has 0 radical (unpaired) electrons. The van der Waals surface area contributed by atoms with Crippen LogP contribution in [0.3, 0.4) is 0 Å². The van der Waals surface area contributed by atoms with Gasteiger partial charge in [-0.1, -0.05) is 25.1 Å². The van der Waals surface area contributed by atoms with E-state index in [1.807, 2.05) is 12.1 Å². The van der Waals surface area contributed by atoms with Crippen LogP contribution in [0.1, 0.15) is 25.3 Å². The minimum absolute atomic E-state index is 0.109. The minimum atomic E-state index is -0.109. The van der Waals surface area contributed by atoms with Gasteiger partial charge in [0.2, 0.25) is 0 Å². The fourth-order valence-electron chi connectivity index (χ4n) is 2.60. The van der Waals surface area contributed by atoms with E-state index in [1.165, 1.54) is 12.5 Å². The highest BCUT2D eigenvalue weighted by Gasteiger charge is 2.25. The summed E-state index contributed by atoms with van der Waals surface area (Å²) in [6.45, 7) is 4.64. The molecule has 0 aliphatic carbocycles. The van der Waals surface area contributed by atoms with Gasteiger partial charge in [-0.2, -0.15) is 0 Å². The molecule has 2 unspecified atom stereocenters. The van der Waals surface area contributed by atoms with Crippen molar-refractivity contribution >= 4 is 0 Å². The van der Waals surface area contributed by atoms with Gasteiger partial charge in [0.25, 0.3) is 0 Å². The van der Waals surface area contributed by atoms with Crippen molar-refractivity contribution in [2.45, 2.75) is 32.4 Å². The number of rotatable bonds is 3. The van der Waals surface area contributed by atoms with Gasteiger partial charge in [0.05, 0.1) is 0 Å². The highest BCUT2D eigenvalue weighted by Crippen LogP contribution is 2.24. The summed E-state index contributed by atoms with van der Waals surface area (Å²) >= 11 is 0. The first-order chi connectivity index (χ1) is 8.20. The third-order valence-corrected chi connectivity index (χ3v) is 3.70. The highest BCUT2D eigenvalue weighted by molar-refractivity contribution is 5.17. The molecular formula is C14H21FN2. The summed E-state index contributed by atoms with van der Waals surface area (Å²) in [7, 11) is 0. The number of nitrogens with zero attached hydrogens (tertiary/aromatic N) is 1. The van der Waals surface area contributed by atoms with Crippen molar-refractivity contribution in [3.05, 3.63) is 35.6 Å². The summed E-state index contributed by atoms with van der Waals surface area (Å²) < 4.78 is 13.6. The van der Waals surface area contributed by atoms with Crippen LogP contribution in [0.15, 0.2) is 24.3 Å². The van der Waals surface area contributed by atoms with Crippen molar-refractivity contribution < 1.29 is 4.39 Å². The van der Waals surface area contributed by atoms with E-state index in [9.17, 15) is 4.39 Å². The lowest BCUT2D eigenvalue weighted by molar-refractivity contribution is 0.114. The van der Waals surface area contributed by atoms with Gasteiger partial charge in [-0.3, -0.25) is 4.90 Å². The van der Waals surface area contributed by atoms with Gasteiger partial charge in [0.15, 0.2) is 0 Å². The van der Waals surface area contributed by atoms with Gasteiger partial charge in [-0.15, -0.1) is 0 Å². The molecule has 3 heteroatoms. The summed E-state index contributed by atoms with van der Waals surface area (Å²) in [4.78, 5) is 2.32. The number of likely N-dealkylation sites (tertiary alicyclic amines) is 1. The lowest BCUT2D eigenvalue weighted by Gasteiger charge is -2.38. The summed E-state index contributed by atoms with van der Waals surface area (Å²) in [6.07, 6.45) is 2.32. The van der Waals surface area contributed by atoms with Crippen molar-refractivity contribution in [2.75, 3.05) is 13.1 Å². The van der Waals surface area contributed by atoms with Crippen molar-refractivity contribution in [3.63, 3.8) is 0 Å². The van der Waals surface area contributed by atoms with Crippen LogP contribution < -0.4 is 5.73 Å². The van der Waals surface area contributed by atoms with Gasteiger partial charge in [0.1, 0.15) is 5.82 Å². The quantitative estimate of drug-likeness (QED) is 0.873. The average Bonchev–Trinajstić information content (AvgIpc) is 2.34. The van der Waals surface area contributed by atoms with Crippen LogP contribution in [0.4, 0.5) is 4.39 Å². The van der Waals surface area contributed by atoms with E-state index in [1.54, 1.807) is 6.07 Å². The number of benzene rings is 1. The second kappa shape index (κ2) is 5.61. The Morgan fingerprint density at radius 1 is 1.41 bits per heavy atom. The van der Waals surface area contributed by atoms with Gasteiger partial charge in [-0.25, -0.2) is 4.39 Å². The first-order valence-corrected chi connectivity index (χ1v) is 6.38. The van der Waals surface area contributed by atoms with Gasteiger partial charge >= 0.3 is 0 Å². The second-order valence-corrected chi connectivity index (χ2v) is 5.08. The topological polar surface area (TPSA) is 29.3 Å². The standard InChI is InChI=1S/C14H21FN2/c1-11-6-7-17(13(8-11)9-16)10-12-4-2-3-5-14(12)15/h2-5,11,13H,6-10,16H2,1H3. The summed E-state index contributed by atoms with van der Waals surface area (Å²) in [5.41, 5.74) is 6.59. The van der Waals surface area contributed by atoms with Gasteiger partial charge in [0, 0.05) is 24.7 Å². The lowest BCUT2D eigenvalue weighted by Crippen LogP contribution is -2.45. The van der Waals surface area contributed by atoms with Crippen molar-refractivity contribution in [3.8, 4) is 0 Å². The summed E-state index contributed by atoms with van der Waals surface area (Å²) in [5.74, 6) is 0.627. The SMILES string of the molecule is CC1CCN(Cc2ccccc2F)C(CN)C1. The van der Waals surface area contributed by atoms with Crippen LogP contribution in [0, 0.1) is 11.7 Å². The Hall–Kier alpha value is -0.930. The van der Waals surface area contributed by atoms with E-state index in [2.05, 4.69) is 11.8 Å². The van der Waals surface area contributed by atoms with Crippen LogP contribution >= 0.6 is 0 Å². The Morgan fingerprint density at radius 3 is 2.88 bits per heavy atom. The van der Waals surface area contributed by atoms with E-state index in [4.69, 9.17) is 5.73 Å². The van der Waals surface area contributed by atoms with Crippen molar-refractivity contribution in [1.29, 1.82) is 0 Å². The summed E-state index contributed by atoms with van der Waals surface area (Å²) in [5, 5.41) is 0.